The van der Waals surface area contributed by atoms with Crippen molar-refractivity contribution in [2.45, 2.75) is 32.6 Å². The van der Waals surface area contributed by atoms with Gasteiger partial charge in [-0.15, -0.1) is 0 Å². The summed E-state index contributed by atoms with van der Waals surface area (Å²) >= 11 is 0. The van der Waals surface area contributed by atoms with Gasteiger partial charge < -0.3 is 25.4 Å². The SMILES string of the molecule is COCC(O)CCNCc1c(CO)cnc(C)c1O. The van der Waals surface area contributed by atoms with Crippen molar-refractivity contribution >= 4 is 0 Å². The third kappa shape index (κ3) is 4.76. The standard InChI is InChI=1S/C13H22N2O4/c1-9-13(18)12(10(7-16)5-15-9)6-14-4-3-11(17)8-19-2/h5,11,14,16-18H,3-4,6-8H2,1-2H3. The zero-order valence-electron chi connectivity index (χ0n) is 11.4. The lowest BCUT2D eigenvalue weighted by Crippen LogP contribution is -2.23. The van der Waals surface area contributed by atoms with Crippen LogP contribution in [0, 0.1) is 6.92 Å². The van der Waals surface area contributed by atoms with Crippen LogP contribution in [0.25, 0.3) is 0 Å². The molecule has 1 aromatic rings. The number of ether oxygens (including phenoxy) is 1. The summed E-state index contributed by atoms with van der Waals surface area (Å²) in [5, 5.41) is 31.7. The van der Waals surface area contributed by atoms with Crippen molar-refractivity contribution in [3.63, 3.8) is 0 Å². The first-order valence-electron chi connectivity index (χ1n) is 6.25. The molecule has 1 atom stereocenters. The van der Waals surface area contributed by atoms with E-state index in [0.29, 0.717) is 42.9 Å². The van der Waals surface area contributed by atoms with Crippen LogP contribution in [0.5, 0.6) is 5.75 Å². The molecule has 1 unspecified atom stereocenters. The molecule has 1 heterocycles. The fourth-order valence-electron chi connectivity index (χ4n) is 1.78. The summed E-state index contributed by atoms with van der Waals surface area (Å²) in [5.41, 5.74) is 1.79. The van der Waals surface area contributed by atoms with Gasteiger partial charge in [-0.1, -0.05) is 0 Å². The Morgan fingerprint density at radius 2 is 2.21 bits per heavy atom. The molecule has 19 heavy (non-hydrogen) atoms. The molecule has 0 radical (unpaired) electrons. The molecule has 0 bridgehead atoms. The summed E-state index contributed by atoms with van der Waals surface area (Å²) in [4.78, 5) is 4.00. The second-order valence-corrected chi connectivity index (χ2v) is 4.43. The number of hydrogen-bond acceptors (Lipinski definition) is 6. The lowest BCUT2D eigenvalue weighted by Gasteiger charge is -2.13. The van der Waals surface area contributed by atoms with E-state index < -0.39 is 6.10 Å². The van der Waals surface area contributed by atoms with Gasteiger partial charge in [0.05, 0.1) is 25.0 Å². The summed E-state index contributed by atoms with van der Waals surface area (Å²) < 4.78 is 4.83. The predicted octanol–water partition coefficient (Wildman–Crippen LogP) is 0.0749. The number of rotatable bonds is 8. The summed E-state index contributed by atoms with van der Waals surface area (Å²) in [6, 6.07) is 0. The van der Waals surface area contributed by atoms with Gasteiger partial charge in [0.1, 0.15) is 5.75 Å². The molecule has 0 aliphatic heterocycles. The van der Waals surface area contributed by atoms with Crippen LogP contribution in [0.3, 0.4) is 0 Å². The largest absolute Gasteiger partial charge is 0.506 e. The third-order valence-corrected chi connectivity index (χ3v) is 2.92. The Hall–Kier alpha value is -1.21. The number of pyridine rings is 1. The molecule has 6 nitrogen and oxygen atoms in total. The Kier molecular flexibility index (Phi) is 6.72. The van der Waals surface area contributed by atoms with Crippen molar-refractivity contribution in [2.75, 3.05) is 20.3 Å². The number of nitrogens with zero attached hydrogens (tertiary/aromatic N) is 1. The fraction of sp³-hybridized carbons (Fsp3) is 0.615. The van der Waals surface area contributed by atoms with Gasteiger partial charge in [0.15, 0.2) is 0 Å². The summed E-state index contributed by atoms with van der Waals surface area (Å²) in [5.74, 6) is 0.108. The van der Waals surface area contributed by atoms with E-state index in [9.17, 15) is 15.3 Å². The van der Waals surface area contributed by atoms with Crippen LogP contribution in [0.1, 0.15) is 23.2 Å². The molecule has 4 N–H and O–H groups in total. The first-order chi connectivity index (χ1) is 9.10. The molecular formula is C13H22N2O4. The Bertz CT molecular complexity index is 398. The molecule has 1 rings (SSSR count). The average Bonchev–Trinajstić information content (AvgIpc) is 2.39. The number of aromatic hydroxyl groups is 1. The van der Waals surface area contributed by atoms with Gasteiger partial charge in [-0.2, -0.15) is 0 Å². The molecule has 0 aliphatic carbocycles. The first-order valence-corrected chi connectivity index (χ1v) is 6.25. The molecule has 6 heteroatoms. The molecule has 0 saturated carbocycles. The highest BCUT2D eigenvalue weighted by Gasteiger charge is 2.11. The van der Waals surface area contributed by atoms with E-state index in [1.165, 1.54) is 0 Å². The van der Waals surface area contributed by atoms with Gasteiger partial charge in [0.2, 0.25) is 0 Å². The lowest BCUT2D eigenvalue weighted by molar-refractivity contribution is 0.0594. The highest BCUT2D eigenvalue weighted by atomic mass is 16.5. The van der Waals surface area contributed by atoms with Crippen molar-refractivity contribution in [2.24, 2.45) is 0 Å². The van der Waals surface area contributed by atoms with E-state index in [0.717, 1.165) is 0 Å². The molecule has 0 spiro atoms. The molecule has 0 aliphatic rings. The number of nitrogens with one attached hydrogen (secondary N) is 1. The number of methoxy groups -OCH3 is 1. The van der Waals surface area contributed by atoms with Crippen molar-refractivity contribution in [3.8, 4) is 5.75 Å². The van der Waals surface area contributed by atoms with Crippen molar-refractivity contribution < 1.29 is 20.1 Å². The van der Waals surface area contributed by atoms with Gasteiger partial charge in [-0.3, -0.25) is 4.98 Å². The van der Waals surface area contributed by atoms with Crippen LogP contribution in [0.2, 0.25) is 0 Å². The van der Waals surface area contributed by atoms with Gasteiger partial charge >= 0.3 is 0 Å². The Morgan fingerprint density at radius 1 is 1.47 bits per heavy atom. The van der Waals surface area contributed by atoms with Crippen LogP contribution in [0.4, 0.5) is 0 Å². The second kappa shape index (κ2) is 8.06. The summed E-state index contributed by atoms with van der Waals surface area (Å²) in [7, 11) is 1.54. The molecule has 0 amide bonds. The average molecular weight is 270 g/mol. The third-order valence-electron chi connectivity index (χ3n) is 2.92. The van der Waals surface area contributed by atoms with E-state index in [-0.39, 0.29) is 12.4 Å². The molecule has 0 aromatic carbocycles. The maximum atomic E-state index is 9.92. The highest BCUT2D eigenvalue weighted by molar-refractivity contribution is 5.40. The van der Waals surface area contributed by atoms with E-state index in [1.54, 1.807) is 20.2 Å². The molecule has 0 saturated heterocycles. The molecule has 0 fully saturated rings. The van der Waals surface area contributed by atoms with Crippen molar-refractivity contribution in [1.82, 2.24) is 10.3 Å². The van der Waals surface area contributed by atoms with Crippen molar-refractivity contribution in [3.05, 3.63) is 23.0 Å². The smallest absolute Gasteiger partial charge is 0.141 e. The van der Waals surface area contributed by atoms with Crippen LogP contribution >= 0.6 is 0 Å². The number of hydrogen-bond donors (Lipinski definition) is 4. The maximum Gasteiger partial charge on any atom is 0.141 e. The summed E-state index contributed by atoms with van der Waals surface area (Å²) in [6.07, 6.45) is 1.63. The van der Waals surface area contributed by atoms with Gasteiger partial charge in [0.25, 0.3) is 0 Å². The topological polar surface area (TPSA) is 94.8 Å². The Balaban J connectivity index is 2.51. The summed E-state index contributed by atoms with van der Waals surface area (Å²) in [6.45, 7) is 2.87. The van der Waals surface area contributed by atoms with Crippen molar-refractivity contribution in [1.29, 1.82) is 0 Å². The van der Waals surface area contributed by atoms with Gasteiger partial charge in [-0.25, -0.2) is 0 Å². The second-order valence-electron chi connectivity index (χ2n) is 4.43. The number of aliphatic hydroxyl groups excluding tert-OH is 2. The van der Waals surface area contributed by atoms with Crippen LogP contribution < -0.4 is 5.32 Å². The van der Waals surface area contributed by atoms with E-state index in [1.807, 2.05) is 0 Å². The van der Waals surface area contributed by atoms with E-state index in [4.69, 9.17) is 4.74 Å². The maximum absolute atomic E-state index is 9.92. The number of aromatic nitrogens is 1. The predicted molar refractivity (Wildman–Crippen MR) is 70.8 cm³/mol. The minimum atomic E-state index is -0.498. The first kappa shape index (κ1) is 15.8. The normalized spacial score (nSPS) is 12.6. The van der Waals surface area contributed by atoms with E-state index in [2.05, 4.69) is 10.3 Å². The van der Waals surface area contributed by atoms with Crippen LogP contribution in [0.15, 0.2) is 6.20 Å². The van der Waals surface area contributed by atoms with Gasteiger partial charge in [-0.05, 0) is 19.9 Å². The Morgan fingerprint density at radius 3 is 2.84 bits per heavy atom. The van der Waals surface area contributed by atoms with E-state index >= 15 is 0 Å². The van der Waals surface area contributed by atoms with Crippen LogP contribution in [-0.2, 0) is 17.9 Å². The highest BCUT2D eigenvalue weighted by Crippen LogP contribution is 2.23. The Labute approximate surface area is 113 Å². The van der Waals surface area contributed by atoms with Gasteiger partial charge in [0, 0.05) is 31.0 Å². The lowest BCUT2D eigenvalue weighted by atomic mass is 10.1. The molecule has 1 aromatic heterocycles. The molecule has 108 valence electrons. The minimum absolute atomic E-state index is 0.108. The zero-order valence-corrected chi connectivity index (χ0v) is 11.4. The number of aryl methyl sites for hydroxylation is 1. The quantitative estimate of drug-likeness (QED) is 0.500. The zero-order chi connectivity index (χ0) is 14.3. The fourth-order valence-corrected chi connectivity index (χ4v) is 1.78. The molecular weight excluding hydrogens is 248 g/mol. The van der Waals surface area contributed by atoms with Crippen LogP contribution in [-0.4, -0.2) is 46.7 Å². The number of aliphatic hydroxyl groups is 2. The monoisotopic (exact) mass is 270 g/mol. The minimum Gasteiger partial charge on any atom is -0.506 e.